The van der Waals surface area contributed by atoms with Crippen LogP contribution < -0.4 is 15.1 Å². The molecule has 2 aliphatic heterocycles. The molecule has 2 fully saturated rings. The van der Waals surface area contributed by atoms with Gasteiger partial charge in [-0.3, -0.25) is 4.79 Å². The Morgan fingerprint density at radius 2 is 1.88 bits per heavy atom. The molecular weight excluding hydrogens is 332 g/mol. The minimum atomic E-state index is 0.0200. The summed E-state index contributed by atoms with van der Waals surface area (Å²) in [6.45, 7) is 6.36. The minimum Gasteiger partial charge on any atom is -0.378 e. The average molecular weight is 362 g/mol. The molecule has 0 saturated carbocycles. The summed E-state index contributed by atoms with van der Waals surface area (Å²) in [5.74, 6) is 1.92. The highest BCUT2D eigenvalue weighted by molar-refractivity contribution is 5.79. The quantitative estimate of drug-likeness (QED) is 0.775. The summed E-state index contributed by atoms with van der Waals surface area (Å²) in [5, 5.41) is 11.8. The maximum atomic E-state index is 12.4. The van der Waals surface area contributed by atoms with Crippen molar-refractivity contribution in [3.63, 3.8) is 0 Å². The van der Waals surface area contributed by atoms with E-state index < -0.39 is 0 Å². The topological polar surface area (TPSA) is 73.8 Å². The fourth-order valence-corrected chi connectivity index (χ4v) is 3.39. The molecule has 1 aromatic heterocycles. The van der Waals surface area contributed by atoms with Crippen LogP contribution in [0, 0.1) is 5.92 Å². The molecule has 3 rings (SSSR count). The first-order chi connectivity index (χ1) is 12.6. The van der Waals surface area contributed by atoms with Crippen LogP contribution in [0.25, 0.3) is 0 Å². The fraction of sp³-hybridized carbons (Fsp3) is 0.722. The number of anilines is 2. The van der Waals surface area contributed by atoms with Crippen LogP contribution in [0.2, 0.25) is 0 Å². The van der Waals surface area contributed by atoms with Crippen molar-refractivity contribution < 1.29 is 9.53 Å². The first-order valence-electron chi connectivity index (χ1n) is 9.47. The lowest BCUT2D eigenvalue weighted by molar-refractivity contribution is -0.125. The predicted molar refractivity (Wildman–Crippen MR) is 102 cm³/mol. The zero-order valence-electron chi connectivity index (χ0n) is 15.9. The number of aromatic nitrogens is 2. The number of hydrogen-bond donors (Lipinski definition) is 1. The van der Waals surface area contributed by atoms with Crippen LogP contribution in [-0.4, -0.2) is 87.6 Å². The fourth-order valence-electron chi connectivity index (χ4n) is 3.39. The number of likely N-dealkylation sites (N-methyl/N-ethyl adjacent to an activating group) is 1. The number of nitrogens with one attached hydrogen (secondary N) is 1. The van der Waals surface area contributed by atoms with Crippen LogP contribution >= 0.6 is 0 Å². The maximum Gasteiger partial charge on any atom is 0.224 e. The van der Waals surface area contributed by atoms with Crippen molar-refractivity contribution in [2.45, 2.75) is 12.8 Å². The zero-order chi connectivity index (χ0) is 18.4. The molecule has 0 spiro atoms. The molecule has 0 aromatic carbocycles. The molecule has 144 valence electrons. The third-order valence-corrected chi connectivity index (χ3v) is 4.95. The molecular formula is C18H30N6O2. The van der Waals surface area contributed by atoms with Crippen molar-refractivity contribution in [3.8, 4) is 0 Å². The normalized spacial score (nSPS) is 21.1. The lowest BCUT2D eigenvalue weighted by Crippen LogP contribution is -2.44. The monoisotopic (exact) mass is 362 g/mol. The van der Waals surface area contributed by atoms with Gasteiger partial charge < -0.3 is 24.8 Å². The van der Waals surface area contributed by atoms with Gasteiger partial charge in [-0.1, -0.05) is 0 Å². The summed E-state index contributed by atoms with van der Waals surface area (Å²) in [6, 6.07) is 4.04. The van der Waals surface area contributed by atoms with Crippen LogP contribution in [0.3, 0.4) is 0 Å². The van der Waals surface area contributed by atoms with E-state index in [4.69, 9.17) is 4.74 Å². The van der Waals surface area contributed by atoms with Gasteiger partial charge in [0.25, 0.3) is 0 Å². The zero-order valence-corrected chi connectivity index (χ0v) is 15.9. The Hall–Kier alpha value is -1.93. The smallest absolute Gasteiger partial charge is 0.224 e. The van der Waals surface area contributed by atoms with E-state index in [1.54, 1.807) is 0 Å². The maximum absolute atomic E-state index is 12.4. The number of ether oxygens (including phenoxy) is 1. The molecule has 1 aromatic rings. The van der Waals surface area contributed by atoms with Crippen molar-refractivity contribution in [1.29, 1.82) is 0 Å². The molecule has 0 radical (unpaired) electrons. The van der Waals surface area contributed by atoms with Gasteiger partial charge in [0.15, 0.2) is 11.6 Å². The molecule has 0 bridgehead atoms. The van der Waals surface area contributed by atoms with Gasteiger partial charge in [0, 0.05) is 39.3 Å². The van der Waals surface area contributed by atoms with Gasteiger partial charge in [-0.15, -0.1) is 10.2 Å². The lowest BCUT2D eigenvalue weighted by atomic mass is 9.97. The van der Waals surface area contributed by atoms with Crippen molar-refractivity contribution in [2.24, 2.45) is 5.92 Å². The van der Waals surface area contributed by atoms with E-state index in [1.165, 1.54) is 0 Å². The standard InChI is InChI=1S/C18H30N6O2/c1-22(2)9-7-19-18(25)15-4-3-8-24(14-15)17-6-5-16(20-21-17)23-10-12-26-13-11-23/h5-6,15H,3-4,7-14H2,1-2H3,(H,19,25). The van der Waals surface area contributed by atoms with Crippen LogP contribution in [0.5, 0.6) is 0 Å². The number of hydrogen-bond acceptors (Lipinski definition) is 7. The molecule has 2 aliphatic rings. The summed E-state index contributed by atoms with van der Waals surface area (Å²) in [4.78, 5) is 18.8. The van der Waals surface area contributed by atoms with E-state index in [2.05, 4.69) is 30.2 Å². The largest absolute Gasteiger partial charge is 0.378 e. The van der Waals surface area contributed by atoms with E-state index in [0.717, 1.165) is 63.9 Å². The molecule has 1 atom stereocenters. The van der Waals surface area contributed by atoms with E-state index in [-0.39, 0.29) is 11.8 Å². The molecule has 8 heteroatoms. The van der Waals surface area contributed by atoms with Gasteiger partial charge in [0.05, 0.1) is 19.1 Å². The third kappa shape index (κ3) is 5.04. The first kappa shape index (κ1) is 18.8. The van der Waals surface area contributed by atoms with Gasteiger partial charge in [-0.25, -0.2) is 0 Å². The number of rotatable bonds is 6. The molecule has 1 unspecified atom stereocenters. The number of morpholine rings is 1. The van der Waals surface area contributed by atoms with E-state index in [0.29, 0.717) is 13.1 Å². The Balaban J connectivity index is 1.54. The molecule has 1 N–H and O–H groups in total. The van der Waals surface area contributed by atoms with Gasteiger partial charge >= 0.3 is 0 Å². The highest BCUT2D eigenvalue weighted by Gasteiger charge is 2.26. The van der Waals surface area contributed by atoms with E-state index in [1.807, 2.05) is 26.2 Å². The van der Waals surface area contributed by atoms with Crippen molar-refractivity contribution in [1.82, 2.24) is 20.4 Å². The molecule has 3 heterocycles. The van der Waals surface area contributed by atoms with Gasteiger partial charge in [0.2, 0.25) is 5.91 Å². The van der Waals surface area contributed by atoms with Gasteiger partial charge in [-0.05, 0) is 39.1 Å². The number of amides is 1. The molecule has 26 heavy (non-hydrogen) atoms. The summed E-state index contributed by atoms with van der Waals surface area (Å²) < 4.78 is 5.38. The van der Waals surface area contributed by atoms with E-state index in [9.17, 15) is 4.79 Å². The second-order valence-electron chi connectivity index (χ2n) is 7.23. The number of nitrogens with zero attached hydrogens (tertiary/aromatic N) is 5. The third-order valence-electron chi connectivity index (χ3n) is 4.95. The van der Waals surface area contributed by atoms with Gasteiger partial charge in [0.1, 0.15) is 0 Å². The van der Waals surface area contributed by atoms with Crippen molar-refractivity contribution >= 4 is 17.5 Å². The minimum absolute atomic E-state index is 0.0200. The number of carbonyl (C=O) groups excluding carboxylic acids is 1. The van der Waals surface area contributed by atoms with Crippen molar-refractivity contribution in [2.75, 3.05) is 76.4 Å². The summed E-state index contributed by atoms with van der Waals surface area (Å²) >= 11 is 0. The first-order valence-corrected chi connectivity index (χ1v) is 9.47. The number of piperidine rings is 1. The van der Waals surface area contributed by atoms with Crippen LogP contribution in [0.1, 0.15) is 12.8 Å². The SMILES string of the molecule is CN(C)CCNC(=O)C1CCCN(c2ccc(N3CCOCC3)nn2)C1. The molecule has 0 aliphatic carbocycles. The summed E-state index contributed by atoms with van der Waals surface area (Å²) in [6.07, 6.45) is 1.93. The Kier molecular flexibility index (Phi) is 6.62. The van der Waals surface area contributed by atoms with E-state index >= 15 is 0 Å². The molecule has 2 saturated heterocycles. The average Bonchev–Trinajstić information content (AvgIpc) is 2.68. The van der Waals surface area contributed by atoms with Gasteiger partial charge in [-0.2, -0.15) is 0 Å². The van der Waals surface area contributed by atoms with Crippen LogP contribution in [0.15, 0.2) is 12.1 Å². The molecule has 1 amide bonds. The Morgan fingerprint density at radius 1 is 1.19 bits per heavy atom. The second-order valence-corrected chi connectivity index (χ2v) is 7.23. The Morgan fingerprint density at radius 3 is 2.54 bits per heavy atom. The lowest BCUT2D eigenvalue weighted by Gasteiger charge is -2.33. The highest BCUT2D eigenvalue weighted by Crippen LogP contribution is 2.22. The summed E-state index contributed by atoms with van der Waals surface area (Å²) in [7, 11) is 4.02. The number of carbonyl (C=O) groups is 1. The second kappa shape index (κ2) is 9.14. The van der Waals surface area contributed by atoms with Crippen LogP contribution in [0.4, 0.5) is 11.6 Å². The summed E-state index contributed by atoms with van der Waals surface area (Å²) in [5.41, 5.74) is 0. The Labute approximate surface area is 155 Å². The Bertz CT molecular complexity index is 574. The van der Waals surface area contributed by atoms with Crippen LogP contribution in [-0.2, 0) is 9.53 Å². The predicted octanol–water partition coefficient (Wildman–Crippen LogP) is 0.207. The molecule has 8 nitrogen and oxygen atoms in total. The van der Waals surface area contributed by atoms with Crippen molar-refractivity contribution in [3.05, 3.63) is 12.1 Å². The highest BCUT2D eigenvalue weighted by atomic mass is 16.5.